The molecule has 1 aliphatic carbocycles. The Labute approximate surface area is 148 Å². The summed E-state index contributed by atoms with van der Waals surface area (Å²) in [7, 11) is 0. The van der Waals surface area contributed by atoms with Crippen LogP contribution in [0.25, 0.3) is 5.69 Å². The minimum atomic E-state index is 0.663. The number of hydrogen-bond acceptors (Lipinski definition) is 2. The summed E-state index contributed by atoms with van der Waals surface area (Å²) >= 11 is 0. The Morgan fingerprint density at radius 2 is 1.64 bits per heavy atom. The van der Waals surface area contributed by atoms with E-state index in [9.17, 15) is 0 Å². The van der Waals surface area contributed by atoms with Gasteiger partial charge in [0.25, 0.3) is 0 Å². The van der Waals surface area contributed by atoms with E-state index < -0.39 is 0 Å². The molecule has 0 fully saturated rings. The maximum atomic E-state index is 4.67. The first kappa shape index (κ1) is 14.9. The van der Waals surface area contributed by atoms with Crippen LogP contribution in [0.2, 0.25) is 0 Å². The summed E-state index contributed by atoms with van der Waals surface area (Å²) in [6.45, 7) is 3.40. The summed E-state index contributed by atoms with van der Waals surface area (Å²) in [4.78, 5) is 2.59. The van der Waals surface area contributed by atoms with Crippen molar-refractivity contribution in [2.75, 3.05) is 6.54 Å². The van der Waals surface area contributed by atoms with Gasteiger partial charge in [0.1, 0.15) is 0 Å². The largest absolute Gasteiger partial charge is 0.295 e. The molecule has 0 spiro atoms. The van der Waals surface area contributed by atoms with Gasteiger partial charge in [0.15, 0.2) is 0 Å². The molecule has 0 radical (unpaired) electrons. The van der Waals surface area contributed by atoms with Crippen LogP contribution in [0.5, 0.6) is 0 Å². The van der Waals surface area contributed by atoms with E-state index in [4.69, 9.17) is 0 Å². The van der Waals surface area contributed by atoms with Gasteiger partial charge in [-0.25, -0.2) is 4.68 Å². The van der Waals surface area contributed by atoms with Crippen LogP contribution in [-0.2, 0) is 19.5 Å². The molecule has 2 aliphatic rings. The second kappa shape index (κ2) is 6.16. The van der Waals surface area contributed by atoms with Crippen molar-refractivity contribution in [1.82, 2.24) is 14.7 Å². The standard InChI is InChI=1S/C22H23N3/c1-2-8-20(9-3-1)25-22-11-10-17(21(22)14-23-25)12-13-24-15-18-6-4-5-7-19(18)16-24/h1-9,14,17H,10-13,15-16H2. The van der Waals surface area contributed by atoms with E-state index in [0.717, 1.165) is 19.5 Å². The first-order valence-electron chi connectivity index (χ1n) is 9.30. The highest BCUT2D eigenvalue weighted by Gasteiger charge is 2.28. The summed E-state index contributed by atoms with van der Waals surface area (Å²) in [5.74, 6) is 0.663. The SMILES string of the molecule is c1ccc(-n2ncc3c2CCC3CCN2Cc3ccccc3C2)cc1. The Hall–Kier alpha value is -2.39. The van der Waals surface area contributed by atoms with Crippen molar-refractivity contribution < 1.29 is 0 Å². The Bertz CT molecular complexity index is 856. The minimum absolute atomic E-state index is 0.663. The van der Waals surface area contributed by atoms with Gasteiger partial charge in [-0.1, -0.05) is 42.5 Å². The molecule has 126 valence electrons. The summed E-state index contributed by atoms with van der Waals surface area (Å²) in [5.41, 5.74) is 7.08. The predicted octanol–water partition coefficient (Wildman–Crippen LogP) is 4.31. The van der Waals surface area contributed by atoms with E-state index >= 15 is 0 Å². The first-order chi connectivity index (χ1) is 12.4. The van der Waals surface area contributed by atoms with E-state index in [2.05, 4.69) is 75.5 Å². The second-order valence-electron chi connectivity index (χ2n) is 7.30. The monoisotopic (exact) mass is 329 g/mol. The molecule has 0 saturated carbocycles. The van der Waals surface area contributed by atoms with Crippen LogP contribution in [0, 0.1) is 0 Å². The normalized spacial score (nSPS) is 19.1. The Morgan fingerprint density at radius 3 is 2.40 bits per heavy atom. The molecule has 2 heterocycles. The molecule has 1 aliphatic heterocycles. The quantitative estimate of drug-likeness (QED) is 0.711. The number of hydrogen-bond donors (Lipinski definition) is 0. The highest BCUT2D eigenvalue weighted by atomic mass is 15.3. The number of rotatable bonds is 4. The van der Waals surface area contributed by atoms with Gasteiger partial charge < -0.3 is 0 Å². The third kappa shape index (κ3) is 2.69. The zero-order chi connectivity index (χ0) is 16.6. The Morgan fingerprint density at radius 1 is 0.920 bits per heavy atom. The zero-order valence-corrected chi connectivity index (χ0v) is 14.4. The molecule has 1 unspecified atom stereocenters. The number of nitrogens with zero attached hydrogens (tertiary/aromatic N) is 3. The molecule has 2 aromatic carbocycles. The van der Waals surface area contributed by atoms with Crippen molar-refractivity contribution >= 4 is 0 Å². The second-order valence-corrected chi connectivity index (χ2v) is 7.30. The van der Waals surface area contributed by atoms with Crippen LogP contribution >= 0.6 is 0 Å². The van der Waals surface area contributed by atoms with Crippen LogP contribution in [0.4, 0.5) is 0 Å². The van der Waals surface area contributed by atoms with E-state index in [1.165, 1.54) is 47.5 Å². The fraction of sp³-hybridized carbons (Fsp3) is 0.318. The van der Waals surface area contributed by atoms with Crippen LogP contribution < -0.4 is 0 Å². The van der Waals surface area contributed by atoms with E-state index in [0.29, 0.717) is 5.92 Å². The van der Waals surface area contributed by atoms with Gasteiger partial charge >= 0.3 is 0 Å². The van der Waals surface area contributed by atoms with Crippen LogP contribution in [0.3, 0.4) is 0 Å². The van der Waals surface area contributed by atoms with Crippen molar-refractivity contribution in [2.45, 2.75) is 38.3 Å². The summed E-state index contributed by atoms with van der Waals surface area (Å²) in [5, 5.41) is 4.67. The summed E-state index contributed by atoms with van der Waals surface area (Å²) < 4.78 is 2.14. The van der Waals surface area contributed by atoms with E-state index in [1.807, 2.05) is 0 Å². The van der Waals surface area contributed by atoms with Crippen molar-refractivity contribution in [3.63, 3.8) is 0 Å². The third-order valence-electron chi connectivity index (χ3n) is 5.77. The minimum Gasteiger partial charge on any atom is -0.295 e. The molecular formula is C22H23N3. The number of benzene rings is 2. The Balaban J connectivity index is 1.27. The van der Waals surface area contributed by atoms with Crippen molar-refractivity contribution in [2.24, 2.45) is 0 Å². The lowest BCUT2D eigenvalue weighted by molar-refractivity contribution is 0.271. The van der Waals surface area contributed by atoms with Gasteiger partial charge in [-0.2, -0.15) is 5.10 Å². The number of para-hydroxylation sites is 1. The maximum Gasteiger partial charge on any atom is 0.0648 e. The summed E-state index contributed by atoms with van der Waals surface area (Å²) in [6, 6.07) is 19.4. The molecule has 3 nitrogen and oxygen atoms in total. The predicted molar refractivity (Wildman–Crippen MR) is 99.8 cm³/mol. The number of fused-ring (bicyclic) bond motifs is 2. The molecular weight excluding hydrogens is 306 g/mol. The maximum absolute atomic E-state index is 4.67. The fourth-order valence-electron chi connectivity index (χ4n) is 4.44. The lowest BCUT2D eigenvalue weighted by Crippen LogP contribution is -2.19. The van der Waals surface area contributed by atoms with Crippen molar-refractivity contribution in [1.29, 1.82) is 0 Å². The molecule has 1 aromatic heterocycles. The third-order valence-corrected chi connectivity index (χ3v) is 5.77. The van der Waals surface area contributed by atoms with Gasteiger partial charge in [-0.15, -0.1) is 0 Å². The number of aromatic nitrogens is 2. The molecule has 0 bridgehead atoms. The first-order valence-corrected chi connectivity index (χ1v) is 9.30. The van der Waals surface area contributed by atoms with E-state index in [1.54, 1.807) is 0 Å². The highest BCUT2D eigenvalue weighted by Crippen LogP contribution is 2.37. The molecule has 25 heavy (non-hydrogen) atoms. The lowest BCUT2D eigenvalue weighted by Gasteiger charge is -2.17. The average Bonchev–Trinajstić information content (AvgIpc) is 3.35. The molecule has 3 heteroatoms. The molecule has 0 N–H and O–H groups in total. The van der Waals surface area contributed by atoms with Gasteiger partial charge in [0.2, 0.25) is 0 Å². The molecule has 5 rings (SSSR count). The Kier molecular flexibility index (Phi) is 3.67. The lowest BCUT2D eigenvalue weighted by atomic mass is 10.0. The average molecular weight is 329 g/mol. The van der Waals surface area contributed by atoms with Crippen LogP contribution in [0.1, 0.15) is 41.1 Å². The van der Waals surface area contributed by atoms with E-state index in [-0.39, 0.29) is 0 Å². The molecule has 1 atom stereocenters. The van der Waals surface area contributed by atoms with Gasteiger partial charge in [-0.3, -0.25) is 4.90 Å². The van der Waals surface area contributed by atoms with Crippen molar-refractivity contribution in [3.8, 4) is 5.69 Å². The highest BCUT2D eigenvalue weighted by molar-refractivity contribution is 5.38. The fourth-order valence-corrected chi connectivity index (χ4v) is 4.44. The van der Waals surface area contributed by atoms with Gasteiger partial charge in [0.05, 0.1) is 11.9 Å². The van der Waals surface area contributed by atoms with Crippen LogP contribution in [-0.4, -0.2) is 21.2 Å². The van der Waals surface area contributed by atoms with Crippen LogP contribution in [0.15, 0.2) is 60.8 Å². The smallest absolute Gasteiger partial charge is 0.0648 e. The molecule has 3 aromatic rings. The van der Waals surface area contributed by atoms with Crippen molar-refractivity contribution in [3.05, 3.63) is 83.2 Å². The molecule has 0 amide bonds. The summed E-state index contributed by atoms with van der Waals surface area (Å²) in [6.07, 6.45) is 5.76. The topological polar surface area (TPSA) is 21.1 Å². The molecule has 0 saturated heterocycles. The van der Waals surface area contributed by atoms with Gasteiger partial charge in [0, 0.05) is 18.8 Å². The zero-order valence-electron chi connectivity index (χ0n) is 14.4. The van der Waals surface area contributed by atoms with Gasteiger partial charge in [-0.05, 0) is 60.5 Å².